The first-order valence-electron chi connectivity index (χ1n) is 7.79. The Hall–Kier alpha value is -2.14. The quantitative estimate of drug-likeness (QED) is 0.896. The number of carbonyl (C=O) groups excluding carboxylic acids is 2. The van der Waals surface area contributed by atoms with Gasteiger partial charge < -0.3 is 15.6 Å². The standard InChI is InChI=1S/C17H21N3O2/c1-2-20-15-5-3-11(17(22)19-8-7-18)9-13(15)14-10-12(21)4-6-16(14)20/h3,5,9H,2,4,6-8,10,18H2,1H3,(H,19,22). The van der Waals surface area contributed by atoms with Crippen LogP contribution in [-0.2, 0) is 24.2 Å². The molecule has 1 aromatic carbocycles. The van der Waals surface area contributed by atoms with E-state index in [-0.39, 0.29) is 11.7 Å². The Bertz CT molecular complexity index is 746. The van der Waals surface area contributed by atoms with Gasteiger partial charge in [0, 0.05) is 54.6 Å². The molecule has 0 spiro atoms. The maximum absolute atomic E-state index is 12.1. The summed E-state index contributed by atoms with van der Waals surface area (Å²) in [6, 6.07) is 5.73. The molecule has 1 aliphatic carbocycles. The Morgan fingerprint density at radius 2 is 2.18 bits per heavy atom. The van der Waals surface area contributed by atoms with Crippen LogP contribution in [0.3, 0.4) is 0 Å². The van der Waals surface area contributed by atoms with E-state index in [0.29, 0.717) is 31.5 Å². The Morgan fingerprint density at radius 1 is 1.36 bits per heavy atom. The molecule has 0 saturated carbocycles. The number of fused-ring (bicyclic) bond motifs is 3. The fourth-order valence-corrected chi connectivity index (χ4v) is 3.29. The van der Waals surface area contributed by atoms with Crippen molar-refractivity contribution < 1.29 is 9.59 Å². The number of benzene rings is 1. The summed E-state index contributed by atoms with van der Waals surface area (Å²) in [6.45, 7) is 3.87. The lowest BCUT2D eigenvalue weighted by Crippen LogP contribution is -2.28. The van der Waals surface area contributed by atoms with Crippen LogP contribution in [0.4, 0.5) is 0 Å². The van der Waals surface area contributed by atoms with Gasteiger partial charge in [-0.1, -0.05) is 0 Å². The van der Waals surface area contributed by atoms with Crippen LogP contribution in [-0.4, -0.2) is 29.3 Å². The number of nitrogens with two attached hydrogens (primary N) is 1. The molecule has 1 aromatic heterocycles. The fourth-order valence-electron chi connectivity index (χ4n) is 3.29. The van der Waals surface area contributed by atoms with Gasteiger partial charge in [0.1, 0.15) is 5.78 Å². The molecule has 0 saturated heterocycles. The van der Waals surface area contributed by atoms with Crippen LogP contribution in [0.1, 0.15) is 35.0 Å². The van der Waals surface area contributed by atoms with E-state index in [9.17, 15) is 9.59 Å². The number of amides is 1. The molecule has 0 radical (unpaired) electrons. The minimum Gasteiger partial charge on any atom is -0.351 e. The van der Waals surface area contributed by atoms with Crippen LogP contribution in [0.15, 0.2) is 18.2 Å². The van der Waals surface area contributed by atoms with E-state index in [2.05, 4.69) is 16.8 Å². The zero-order chi connectivity index (χ0) is 15.7. The number of nitrogens with one attached hydrogen (secondary N) is 1. The molecule has 5 nitrogen and oxygen atoms in total. The van der Waals surface area contributed by atoms with Crippen molar-refractivity contribution in [3.63, 3.8) is 0 Å². The van der Waals surface area contributed by atoms with Crippen LogP contribution < -0.4 is 11.1 Å². The Morgan fingerprint density at radius 3 is 2.91 bits per heavy atom. The molecule has 2 aromatic rings. The minimum atomic E-state index is -0.118. The molecule has 3 N–H and O–H groups in total. The third-order valence-electron chi connectivity index (χ3n) is 4.31. The molecular weight excluding hydrogens is 278 g/mol. The van der Waals surface area contributed by atoms with Crippen molar-refractivity contribution in [3.8, 4) is 0 Å². The summed E-state index contributed by atoms with van der Waals surface area (Å²) < 4.78 is 2.26. The van der Waals surface area contributed by atoms with Crippen LogP contribution in [0.25, 0.3) is 10.9 Å². The number of hydrogen-bond donors (Lipinski definition) is 2. The summed E-state index contributed by atoms with van der Waals surface area (Å²) in [7, 11) is 0. The van der Waals surface area contributed by atoms with Crippen LogP contribution in [0.2, 0.25) is 0 Å². The van der Waals surface area contributed by atoms with E-state index < -0.39 is 0 Å². The largest absolute Gasteiger partial charge is 0.351 e. The zero-order valence-electron chi connectivity index (χ0n) is 12.8. The highest BCUT2D eigenvalue weighted by Crippen LogP contribution is 2.31. The lowest BCUT2D eigenvalue weighted by atomic mass is 9.94. The molecule has 0 fully saturated rings. The summed E-state index contributed by atoms with van der Waals surface area (Å²) >= 11 is 0. The van der Waals surface area contributed by atoms with Gasteiger partial charge in [0.15, 0.2) is 0 Å². The second-order valence-corrected chi connectivity index (χ2v) is 5.66. The Labute approximate surface area is 129 Å². The smallest absolute Gasteiger partial charge is 0.251 e. The molecule has 0 aliphatic heterocycles. The van der Waals surface area contributed by atoms with E-state index in [4.69, 9.17) is 5.73 Å². The van der Waals surface area contributed by atoms with Crippen molar-refractivity contribution in [2.24, 2.45) is 5.73 Å². The molecule has 116 valence electrons. The lowest BCUT2D eigenvalue weighted by molar-refractivity contribution is -0.118. The molecule has 5 heteroatoms. The summed E-state index contributed by atoms with van der Waals surface area (Å²) in [5.74, 6) is 0.160. The highest BCUT2D eigenvalue weighted by atomic mass is 16.1. The van der Waals surface area contributed by atoms with Crippen molar-refractivity contribution in [2.45, 2.75) is 32.7 Å². The van der Waals surface area contributed by atoms with Crippen LogP contribution in [0, 0.1) is 0 Å². The first-order valence-corrected chi connectivity index (χ1v) is 7.79. The van der Waals surface area contributed by atoms with Crippen molar-refractivity contribution in [3.05, 3.63) is 35.0 Å². The maximum Gasteiger partial charge on any atom is 0.251 e. The van der Waals surface area contributed by atoms with Crippen LogP contribution >= 0.6 is 0 Å². The average molecular weight is 299 g/mol. The second kappa shape index (κ2) is 5.93. The van der Waals surface area contributed by atoms with Gasteiger partial charge in [-0.2, -0.15) is 0 Å². The number of hydrogen-bond acceptors (Lipinski definition) is 3. The van der Waals surface area contributed by atoms with Crippen molar-refractivity contribution in [2.75, 3.05) is 13.1 Å². The normalized spacial score (nSPS) is 14.2. The predicted molar refractivity (Wildman–Crippen MR) is 86.0 cm³/mol. The van der Waals surface area contributed by atoms with Gasteiger partial charge in [0.25, 0.3) is 5.91 Å². The van der Waals surface area contributed by atoms with E-state index in [1.807, 2.05) is 18.2 Å². The van der Waals surface area contributed by atoms with Crippen LogP contribution in [0.5, 0.6) is 0 Å². The zero-order valence-corrected chi connectivity index (χ0v) is 12.8. The molecular formula is C17H21N3O2. The molecule has 1 heterocycles. The highest BCUT2D eigenvalue weighted by molar-refractivity contribution is 6.00. The van der Waals surface area contributed by atoms with E-state index in [0.717, 1.165) is 29.4 Å². The molecule has 1 amide bonds. The Kier molecular flexibility index (Phi) is 3.98. The van der Waals surface area contributed by atoms with Gasteiger partial charge in [-0.05, 0) is 37.1 Å². The van der Waals surface area contributed by atoms with Gasteiger partial charge in [0.2, 0.25) is 0 Å². The summed E-state index contributed by atoms with van der Waals surface area (Å²) in [4.78, 5) is 23.9. The summed E-state index contributed by atoms with van der Waals surface area (Å²) in [5, 5.41) is 3.82. The lowest BCUT2D eigenvalue weighted by Gasteiger charge is -2.13. The monoisotopic (exact) mass is 299 g/mol. The van der Waals surface area contributed by atoms with Gasteiger partial charge in [-0.25, -0.2) is 0 Å². The van der Waals surface area contributed by atoms with E-state index in [1.54, 1.807) is 0 Å². The number of nitrogens with zero attached hydrogens (tertiary/aromatic N) is 1. The number of aromatic nitrogens is 1. The second-order valence-electron chi connectivity index (χ2n) is 5.66. The SMILES string of the molecule is CCn1c2c(c3cc(C(=O)NCCN)ccc31)CC(=O)CC2. The van der Waals surface area contributed by atoms with Crippen molar-refractivity contribution in [1.82, 2.24) is 9.88 Å². The minimum absolute atomic E-state index is 0.118. The van der Waals surface area contributed by atoms with Gasteiger partial charge in [0.05, 0.1) is 0 Å². The average Bonchev–Trinajstić information content (AvgIpc) is 2.84. The molecule has 1 aliphatic rings. The number of ketones is 1. The molecule has 0 atom stereocenters. The molecule has 3 rings (SSSR count). The summed E-state index contributed by atoms with van der Waals surface area (Å²) in [6.07, 6.45) is 1.89. The molecule has 22 heavy (non-hydrogen) atoms. The van der Waals surface area contributed by atoms with Gasteiger partial charge in [-0.3, -0.25) is 9.59 Å². The number of carbonyl (C=O) groups is 2. The highest BCUT2D eigenvalue weighted by Gasteiger charge is 2.23. The van der Waals surface area contributed by atoms with Crippen molar-refractivity contribution >= 4 is 22.6 Å². The molecule has 0 unspecified atom stereocenters. The first-order chi connectivity index (χ1) is 10.7. The maximum atomic E-state index is 12.1. The van der Waals surface area contributed by atoms with Gasteiger partial charge in [-0.15, -0.1) is 0 Å². The predicted octanol–water partition coefficient (Wildman–Crippen LogP) is 1.41. The topological polar surface area (TPSA) is 77.1 Å². The number of aryl methyl sites for hydroxylation is 1. The first kappa shape index (κ1) is 14.8. The van der Waals surface area contributed by atoms with Crippen molar-refractivity contribution in [1.29, 1.82) is 0 Å². The third-order valence-corrected chi connectivity index (χ3v) is 4.31. The summed E-state index contributed by atoms with van der Waals surface area (Å²) in [5.41, 5.74) is 9.49. The van der Waals surface area contributed by atoms with E-state index >= 15 is 0 Å². The van der Waals surface area contributed by atoms with Gasteiger partial charge >= 0.3 is 0 Å². The van der Waals surface area contributed by atoms with E-state index in [1.165, 1.54) is 5.69 Å². The fraction of sp³-hybridized carbons (Fsp3) is 0.412. The number of rotatable bonds is 4. The molecule has 0 bridgehead atoms. The third kappa shape index (κ3) is 2.41. The Balaban J connectivity index is 2.09. The number of Topliss-reactive ketones (excluding diaryl/α,β-unsaturated/α-hetero) is 1.